The first-order chi connectivity index (χ1) is 13.1. The first kappa shape index (κ1) is 21.9. The minimum Gasteiger partial charge on any atom is -0.514 e. The summed E-state index contributed by atoms with van der Waals surface area (Å²) in [7, 11) is -2.76. The molecule has 2 aromatic carbocycles. The molecule has 0 unspecified atom stereocenters. The molecule has 0 saturated carbocycles. The predicted octanol–water partition coefficient (Wildman–Crippen LogP) is 5.82. The van der Waals surface area contributed by atoms with E-state index in [1.807, 2.05) is 18.2 Å². The van der Waals surface area contributed by atoms with Gasteiger partial charge in [-0.05, 0) is 28.8 Å². The molecule has 28 heavy (non-hydrogen) atoms. The highest BCUT2D eigenvalue weighted by Crippen LogP contribution is 2.48. The Morgan fingerprint density at radius 2 is 1.32 bits per heavy atom. The van der Waals surface area contributed by atoms with E-state index in [0.29, 0.717) is 0 Å². The van der Waals surface area contributed by atoms with Crippen LogP contribution in [-0.4, -0.2) is 25.4 Å². The van der Waals surface area contributed by atoms with Crippen molar-refractivity contribution >= 4 is 20.3 Å². The molecule has 2 rings (SSSR count). The van der Waals surface area contributed by atoms with Crippen LogP contribution in [0.2, 0.25) is 11.1 Å². The lowest BCUT2D eigenvalue weighted by atomic mass is 10.0. The lowest BCUT2D eigenvalue weighted by Crippen LogP contribution is -2.60. The maximum Gasteiger partial charge on any atom is 0.336 e. The van der Waals surface area contributed by atoms with Gasteiger partial charge in [0.25, 0.3) is 8.32 Å². The molecule has 0 aliphatic heterocycles. The lowest BCUT2D eigenvalue weighted by Gasteiger charge is -2.49. The maximum atomic E-state index is 13.2. The van der Waals surface area contributed by atoms with E-state index in [9.17, 15) is 14.7 Å². The number of carbonyl (C=O) groups is 2. The smallest absolute Gasteiger partial charge is 0.336 e. The number of aromatic carboxylic acids is 1. The minimum absolute atomic E-state index is 0.0274. The number of rotatable bonds is 7. The van der Waals surface area contributed by atoms with Crippen LogP contribution >= 0.6 is 0 Å². The van der Waals surface area contributed by atoms with E-state index in [2.05, 4.69) is 53.7 Å². The molecule has 0 saturated heterocycles. The number of benzene rings is 2. The van der Waals surface area contributed by atoms with Crippen LogP contribution in [0.3, 0.4) is 0 Å². The molecule has 0 aliphatic carbocycles. The number of carboxylic acids is 1. The normalized spacial score (nSPS) is 12.3. The van der Waals surface area contributed by atoms with Crippen molar-refractivity contribution in [3.05, 3.63) is 71.3 Å². The van der Waals surface area contributed by atoms with Crippen molar-refractivity contribution in [2.75, 3.05) is 0 Å². The SMILES string of the molecule is CC(C)[Si](OC(=O)c1ccccc1C(=O)O)(C(C)C)C(C)(C)c1ccccc1. The van der Waals surface area contributed by atoms with Gasteiger partial charge in [0.2, 0.25) is 0 Å². The molecule has 0 atom stereocenters. The highest BCUT2D eigenvalue weighted by molar-refractivity contribution is 6.80. The monoisotopic (exact) mass is 398 g/mol. The summed E-state index contributed by atoms with van der Waals surface area (Å²) in [5, 5.41) is 9.12. The molecule has 150 valence electrons. The lowest BCUT2D eigenvalue weighted by molar-refractivity contribution is 0.0652. The van der Waals surface area contributed by atoms with Crippen LogP contribution in [0.4, 0.5) is 0 Å². The van der Waals surface area contributed by atoms with Gasteiger partial charge in [-0.2, -0.15) is 0 Å². The summed E-state index contributed by atoms with van der Waals surface area (Å²) in [6.07, 6.45) is 0. The molecule has 0 fully saturated rings. The summed E-state index contributed by atoms with van der Waals surface area (Å²) in [4.78, 5) is 24.8. The molecular weight excluding hydrogens is 368 g/mol. The van der Waals surface area contributed by atoms with E-state index >= 15 is 0 Å². The van der Waals surface area contributed by atoms with Crippen LogP contribution in [0.15, 0.2) is 54.6 Å². The zero-order chi connectivity index (χ0) is 21.1. The summed E-state index contributed by atoms with van der Waals surface area (Å²) in [6, 6.07) is 16.4. The largest absolute Gasteiger partial charge is 0.514 e. The minimum atomic E-state index is -2.76. The Hall–Kier alpha value is -2.40. The van der Waals surface area contributed by atoms with Gasteiger partial charge in [0.15, 0.2) is 0 Å². The Morgan fingerprint density at radius 3 is 1.79 bits per heavy atom. The van der Waals surface area contributed by atoms with Crippen LogP contribution in [0.25, 0.3) is 0 Å². The van der Waals surface area contributed by atoms with Gasteiger partial charge < -0.3 is 9.53 Å². The molecular formula is C23H30O4Si. The van der Waals surface area contributed by atoms with Gasteiger partial charge >= 0.3 is 11.9 Å². The number of hydrogen-bond acceptors (Lipinski definition) is 3. The number of carboxylic acid groups (broad SMARTS) is 1. The first-order valence-corrected chi connectivity index (χ1v) is 11.7. The second-order valence-corrected chi connectivity index (χ2v) is 13.7. The molecule has 5 heteroatoms. The fourth-order valence-electron chi connectivity index (χ4n) is 4.61. The van der Waals surface area contributed by atoms with Crippen LogP contribution in [0, 0.1) is 0 Å². The average Bonchev–Trinajstić information content (AvgIpc) is 2.65. The van der Waals surface area contributed by atoms with Crippen molar-refractivity contribution < 1.29 is 19.1 Å². The molecule has 0 amide bonds. The van der Waals surface area contributed by atoms with E-state index in [-0.39, 0.29) is 27.2 Å². The maximum absolute atomic E-state index is 13.2. The third-order valence-electron chi connectivity index (χ3n) is 5.83. The summed E-state index contributed by atoms with van der Waals surface area (Å²) >= 11 is 0. The fourth-order valence-corrected chi connectivity index (χ4v) is 10.6. The van der Waals surface area contributed by atoms with Gasteiger partial charge in [-0.3, -0.25) is 0 Å². The molecule has 0 heterocycles. The quantitative estimate of drug-likeness (QED) is 0.597. The zero-order valence-electron chi connectivity index (χ0n) is 17.5. The van der Waals surface area contributed by atoms with Crippen molar-refractivity contribution in [3.63, 3.8) is 0 Å². The van der Waals surface area contributed by atoms with E-state index in [4.69, 9.17) is 4.43 Å². The molecule has 0 spiro atoms. The topological polar surface area (TPSA) is 63.6 Å². The third-order valence-corrected chi connectivity index (χ3v) is 12.0. The summed E-state index contributed by atoms with van der Waals surface area (Å²) in [5.41, 5.74) is 1.49. The Labute approximate surface area is 168 Å². The molecule has 0 aromatic heterocycles. The molecule has 0 radical (unpaired) electrons. The molecule has 2 aromatic rings. The van der Waals surface area contributed by atoms with Crippen LogP contribution < -0.4 is 0 Å². The van der Waals surface area contributed by atoms with Crippen molar-refractivity contribution in [1.29, 1.82) is 0 Å². The highest BCUT2D eigenvalue weighted by atomic mass is 28.4. The summed E-state index contributed by atoms with van der Waals surface area (Å²) < 4.78 is 6.39. The summed E-state index contributed by atoms with van der Waals surface area (Å²) in [6.45, 7) is 12.7. The van der Waals surface area contributed by atoms with Crippen molar-refractivity contribution in [3.8, 4) is 0 Å². The third kappa shape index (κ3) is 3.76. The van der Waals surface area contributed by atoms with Crippen molar-refractivity contribution in [1.82, 2.24) is 0 Å². The van der Waals surface area contributed by atoms with Gasteiger partial charge in [-0.15, -0.1) is 0 Å². The van der Waals surface area contributed by atoms with Crippen LogP contribution in [-0.2, 0) is 9.46 Å². The highest BCUT2D eigenvalue weighted by Gasteiger charge is 2.57. The Bertz CT molecular complexity index is 833. The second-order valence-electron chi connectivity index (χ2n) is 8.33. The van der Waals surface area contributed by atoms with E-state index in [1.165, 1.54) is 12.1 Å². The van der Waals surface area contributed by atoms with E-state index in [0.717, 1.165) is 5.56 Å². The molecule has 0 aliphatic rings. The Balaban J connectivity index is 2.60. The standard InChI is InChI=1S/C23H30O4Si/c1-16(2)28(17(3)4,23(5,6)18-12-8-7-9-13-18)27-22(26)20-15-11-10-14-19(20)21(24)25/h7-17H,1-6H3,(H,24,25). The predicted molar refractivity (Wildman–Crippen MR) is 114 cm³/mol. The van der Waals surface area contributed by atoms with Gasteiger partial charge in [-0.25, -0.2) is 9.59 Å². The van der Waals surface area contributed by atoms with Gasteiger partial charge in [0.1, 0.15) is 0 Å². The average molecular weight is 399 g/mol. The van der Waals surface area contributed by atoms with Crippen LogP contribution in [0.5, 0.6) is 0 Å². The molecule has 4 nitrogen and oxygen atoms in total. The van der Waals surface area contributed by atoms with E-state index < -0.39 is 20.3 Å². The van der Waals surface area contributed by atoms with E-state index in [1.54, 1.807) is 12.1 Å². The van der Waals surface area contributed by atoms with Gasteiger partial charge in [0, 0.05) is 5.04 Å². The molecule has 0 bridgehead atoms. The van der Waals surface area contributed by atoms with Crippen LogP contribution in [0.1, 0.15) is 67.8 Å². The van der Waals surface area contributed by atoms with Gasteiger partial charge in [0.05, 0.1) is 11.1 Å². The molecule has 1 N–H and O–H groups in total. The number of hydrogen-bond donors (Lipinski definition) is 1. The van der Waals surface area contributed by atoms with Crippen molar-refractivity contribution in [2.45, 2.75) is 57.7 Å². The first-order valence-electron chi connectivity index (χ1n) is 9.66. The Kier molecular flexibility index (Phi) is 6.50. The number of carbonyl (C=O) groups excluding carboxylic acids is 1. The van der Waals surface area contributed by atoms with Crippen molar-refractivity contribution in [2.24, 2.45) is 0 Å². The summed E-state index contributed by atoms with van der Waals surface area (Å²) in [5.74, 6) is -1.67. The van der Waals surface area contributed by atoms with Gasteiger partial charge in [-0.1, -0.05) is 84.0 Å². The second kappa shape index (κ2) is 8.31. The zero-order valence-corrected chi connectivity index (χ0v) is 18.5. The fraction of sp³-hybridized carbons (Fsp3) is 0.391. The Morgan fingerprint density at radius 1 is 0.857 bits per heavy atom.